The number of benzene rings is 1. The van der Waals surface area contributed by atoms with Gasteiger partial charge in [-0.2, -0.15) is 0 Å². The van der Waals surface area contributed by atoms with Gasteiger partial charge in [0.25, 0.3) is 0 Å². The number of nitrogens with one attached hydrogen (secondary N) is 1. The summed E-state index contributed by atoms with van der Waals surface area (Å²) >= 11 is 0. The molecular weight excluding hydrogens is 378 g/mol. The SMILES string of the molecule is C=CCc1cc2c3c(c1)C(CC)(CCCCCCCCCCCC(CC)(CC)C2)NO3. The molecular formula is C29H47NO. The van der Waals surface area contributed by atoms with Crippen LogP contribution < -0.4 is 10.3 Å². The van der Waals surface area contributed by atoms with Crippen molar-refractivity contribution in [2.24, 2.45) is 5.41 Å². The van der Waals surface area contributed by atoms with E-state index in [9.17, 15) is 0 Å². The van der Waals surface area contributed by atoms with Crippen molar-refractivity contribution < 1.29 is 4.84 Å². The number of hydrogen-bond acceptors (Lipinski definition) is 2. The fourth-order valence-corrected chi connectivity index (χ4v) is 5.99. The molecule has 1 N–H and O–H groups in total. The molecule has 0 aromatic heterocycles. The first-order valence-electron chi connectivity index (χ1n) is 13.3. The van der Waals surface area contributed by atoms with E-state index < -0.39 is 0 Å². The zero-order valence-corrected chi connectivity index (χ0v) is 20.7. The van der Waals surface area contributed by atoms with Crippen LogP contribution in [-0.2, 0) is 18.4 Å². The maximum Gasteiger partial charge on any atom is 0.155 e. The third-order valence-corrected chi connectivity index (χ3v) is 8.45. The predicted molar refractivity (Wildman–Crippen MR) is 134 cm³/mol. The Balaban J connectivity index is 1.99. The highest BCUT2D eigenvalue weighted by Gasteiger charge is 2.41. The molecule has 174 valence electrons. The van der Waals surface area contributed by atoms with Crippen LogP contribution in [0.2, 0.25) is 0 Å². The smallest absolute Gasteiger partial charge is 0.155 e. The van der Waals surface area contributed by atoms with Crippen LogP contribution in [0.4, 0.5) is 0 Å². The average molecular weight is 426 g/mol. The lowest BCUT2D eigenvalue weighted by Gasteiger charge is -2.33. The van der Waals surface area contributed by atoms with E-state index >= 15 is 0 Å². The molecule has 1 unspecified atom stereocenters. The molecule has 1 aliphatic carbocycles. The van der Waals surface area contributed by atoms with Gasteiger partial charge in [0.15, 0.2) is 5.75 Å². The molecule has 1 aromatic rings. The van der Waals surface area contributed by atoms with E-state index in [0.717, 1.165) is 25.0 Å². The van der Waals surface area contributed by atoms with Gasteiger partial charge in [-0.3, -0.25) is 0 Å². The van der Waals surface area contributed by atoms with Gasteiger partial charge in [0.2, 0.25) is 0 Å². The van der Waals surface area contributed by atoms with E-state index in [1.54, 1.807) is 0 Å². The van der Waals surface area contributed by atoms with Crippen molar-refractivity contribution in [3.05, 3.63) is 41.5 Å². The Bertz CT molecular complexity index is 705. The molecule has 0 amide bonds. The molecule has 2 aliphatic rings. The summed E-state index contributed by atoms with van der Waals surface area (Å²) in [4.78, 5) is 6.32. The van der Waals surface area contributed by atoms with Crippen LogP contribution in [0.15, 0.2) is 24.8 Å². The fourth-order valence-electron chi connectivity index (χ4n) is 5.99. The van der Waals surface area contributed by atoms with Gasteiger partial charge in [-0.1, -0.05) is 104 Å². The quantitative estimate of drug-likeness (QED) is 0.477. The van der Waals surface area contributed by atoms with Crippen molar-refractivity contribution in [1.82, 2.24) is 5.48 Å². The molecule has 1 heterocycles. The first kappa shape index (κ1) is 24.4. The Morgan fingerprint density at radius 2 is 1.48 bits per heavy atom. The lowest BCUT2D eigenvalue weighted by Crippen LogP contribution is -2.38. The number of hydrogen-bond donors (Lipinski definition) is 1. The standard InChI is InChI=1S/C29H47NO/c1-5-18-24-21-25-23-28(6-2,7-3)19-16-14-12-10-9-11-13-15-17-20-29(8-4)26(22-24)27(25)31-30-29/h5,21-22,30H,1,6-20,23H2,2-4H3. The van der Waals surface area contributed by atoms with E-state index in [4.69, 9.17) is 4.84 Å². The second-order valence-corrected chi connectivity index (χ2v) is 10.3. The van der Waals surface area contributed by atoms with Crippen LogP contribution in [0.5, 0.6) is 5.75 Å². The highest BCUT2D eigenvalue weighted by molar-refractivity contribution is 5.51. The molecule has 2 heteroatoms. The molecule has 0 spiro atoms. The van der Waals surface area contributed by atoms with Crippen molar-refractivity contribution in [2.75, 3.05) is 0 Å². The Labute approximate surface area is 192 Å². The normalized spacial score (nSPS) is 24.9. The molecule has 4 bridgehead atoms. The fraction of sp³-hybridized carbons (Fsp3) is 0.724. The maximum atomic E-state index is 6.32. The Morgan fingerprint density at radius 1 is 0.871 bits per heavy atom. The zero-order chi connectivity index (χ0) is 22.2. The summed E-state index contributed by atoms with van der Waals surface area (Å²) in [6.07, 6.45) is 22.6. The average Bonchev–Trinajstić information content (AvgIpc) is 3.15. The monoisotopic (exact) mass is 425 g/mol. The van der Waals surface area contributed by atoms with Gasteiger partial charge >= 0.3 is 0 Å². The van der Waals surface area contributed by atoms with E-state index in [2.05, 4.69) is 45.0 Å². The van der Waals surface area contributed by atoms with Crippen molar-refractivity contribution in [3.8, 4) is 5.75 Å². The second kappa shape index (κ2) is 11.5. The minimum absolute atomic E-state index is 0.0314. The van der Waals surface area contributed by atoms with Crippen LogP contribution in [-0.4, -0.2) is 0 Å². The molecule has 0 saturated heterocycles. The summed E-state index contributed by atoms with van der Waals surface area (Å²) < 4.78 is 0. The third kappa shape index (κ3) is 5.75. The van der Waals surface area contributed by atoms with Crippen molar-refractivity contribution in [2.45, 2.75) is 129 Å². The number of allylic oxidation sites excluding steroid dienone is 1. The first-order chi connectivity index (χ1) is 15.1. The predicted octanol–water partition coefficient (Wildman–Crippen LogP) is 8.57. The van der Waals surface area contributed by atoms with Crippen LogP contribution >= 0.6 is 0 Å². The summed E-state index contributed by atoms with van der Waals surface area (Å²) in [6, 6.07) is 4.83. The molecule has 1 aromatic carbocycles. The lowest BCUT2D eigenvalue weighted by atomic mass is 9.72. The number of hydroxylamine groups is 1. The molecule has 1 aliphatic heterocycles. The summed E-state index contributed by atoms with van der Waals surface area (Å²) in [7, 11) is 0. The Hall–Kier alpha value is -1.28. The molecule has 31 heavy (non-hydrogen) atoms. The van der Waals surface area contributed by atoms with E-state index in [1.807, 2.05) is 6.08 Å². The maximum absolute atomic E-state index is 6.32. The van der Waals surface area contributed by atoms with Gasteiger partial charge in [-0.15, -0.1) is 12.1 Å². The van der Waals surface area contributed by atoms with E-state index in [0.29, 0.717) is 5.41 Å². The van der Waals surface area contributed by atoms with Crippen LogP contribution in [0.25, 0.3) is 0 Å². The van der Waals surface area contributed by atoms with Crippen LogP contribution in [0.1, 0.15) is 127 Å². The second-order valence-electron chi connectivity index (χ2n) is 10.3. The van der Waals surface area contributed by atoms with Gasteiger partial charge in [0, 0.05) is 5.56 Å². The largest absolute Gasteiger partial charge is 0.407 e. The minimum atomic E-state index is -0.0314. The molecule has 0 radical (unpaired) electrons. The molecule has 1 atom stereocenters. The molecule has 0 saturated carbocycles. The van der Waals surface area contributed by atoms with Gasteiger partial charge in [0.05, 0.1) is 5.54 Å². The molecule has 2 nitrogen and oxygen atoms in total. The zero-order valence-electron chi connectivity index (χ0n) is 20.7. The molecule has 3 rings (SSSR count). The van der Waals surface area contributed by atoms with E-state index in [-0.39, 0.29) is 5.54 Å². The van der Waals surface area contributed by atoms with Gasteiger partial charge in [-0.05, 0) is 54.7 Å². The van der Waals surface area contributed by atoms with Crippen molar-refractivity contribution >= 4 is 0 Å². The highest BCUT2D eigenvalue weighted by Crippen LogP contribution is 2.47. The topological polar surface area (TPSA) is 21.3 Å². The summed E-state index contributed by atoms with van der Waals surface area (Å²) in [5, 5.41) is 0. The Morgan fingerprint density at radius 3 is 2.06 bits per heavy atom. The summed E-state index contributed by atoms with van der Waals surface area (Å²) in [6.45, 7) is 11.1. The van der Waals surface area contributed by atoms with E-state index in [1.165, 1.54) is 100 Å². The van der Waals surface area contributed by atoms with Gasteiger partial charge in [0.1, 0.15) is 0 Å². The van der Waals surface area contributed by atoms with Crippen LogP contribution in [0, 0.1) is 5.41 Å². The van der Waals surface area contributed by atoms with Gasteiger partial charge < -0.3 is 4.84 Å². The van der Waals surface area contributed by atoms with Gasteiger partial charge in [-0.25, -0.2) is 0 Å². The van der Waals surface area contributed by atoms with Crippen molar-refractivity contribution in [3.63, 3.8) is 0 Å². The summed E-state index contributed by atoms with van der Waals surface area (Å²) in [5.74, 6) is 1.14. The lowest BCUT2D eigenvalue weighted by molar-refractivity contribution is 0.113. The van der Waals surface area contributed by atoms with Crippen molar-refractivity contribution in [1.29, 1.82) is 0 Å². The summed E-state index contributed by atoms with van der Waals surface area (Å²) in [5.41, 5.74) is 8.12. The minimum Gasteiger partial charge on any atom is -0.407 e. The van der Waals surface area contributed by atoms with Crippen LogP contribution in [0.3, 0.4) is 0 Å². The highest BCUT2D eigenvalue weighted by atomic mass is 16.7. The Kier molecular flexibility index (Phi) is 9.07. The molecule has 0 fully saturated rings. The third-order valence-electron chi connectivity index (χ3n) is 8.45. The first-order valence-corrected chi connectivity index (χ1v) is 13.3. The number of rotatable bonds is 5.